The molecular formula is C22H28N2O2. The van der Waals surface area contributed by atoms with Crippen LogP contribution in [0.15, 0.2) is 54.6 Å². The molecule has 0 atom stereocenters. The van der Waals surface area contributed by atoms with Crippen LogP contribution in [0.1, 0.15) is 61.4 Å². The minimum Gasteiger partial charge on any atom is -0.348 e. The quantitative estimate of drug-likeness (QED) is 0.597. The van der Waals surface area contributed by atoms with Gasteiger partial charge in [0.05, 0.1) is 11.3 Å². The number of hydrogen-bond donors (Lipinski definition) is 2. The van der Waals surface area contributed by atoms with Crippen LogP contribution in [0.3, 0.4) is 0 Å². The molecule has 0 saturated carbocycles. The van der Waals surface area contributed by atoms with E-state index in [0.29, 0.717) is 24.2 Å². The number of carbonyl (C=O) groups is 2. The molecule has 0 aliphatic heterocycles. The predicted molar refractivity (Wildman–Crippen MR) is 106 cm³/mol. The Morgan fingerprint density at radius 3 is 2.31 bits per heavy atom. The van der Waals surface area contributed by atoms with E-state index in [9.17, 15) is 9.59 Å². The first-order valence-electron chi connectivity index (χ1n) is 9.41. The second-order valence-corrected chi connectivity index (χ2v) is 6.43. The normalized spacial score (nSPS) is 10.3. The third-order valence-corrected chi connectivity index (χ3v) is 4.25. The van der Waals surface area contributed by atoms with Crippen molar-refractivity contribution < 1.29 is 9.59 Å². The van der Waals surface area contributed by atoms with Crippen molar-refractivity contribution in [2.45, 2.75) is 52.0 Å². The van der Waals surface area contributed by atoms with Crippen LogP contribution in [0.2, 0.25) is 0 Å². The molecule has 0 spiro atoms. The summed E-state index contributed by atoms with van der Waals surface area (Å²) in [6.45, 7) is 2.63. The van der Waals surface area contributed by atoms with Crippen LogP contribution in [0.4, 0.5) is 5.69 Å². The van der Waals surface area contributed by atoms with E-state index in [1.807, 2.05) is 36.4 Å². The zero-order valence-corrected chi connectivity index (χ0v) is 15.5. The van der Waals surface area contributed by atoms with Gasteiger partial charge in [-0.15, -0.1) is 0 Å². The second kappa shape index (κ2) is 11.1. The van der Waals surface area contributed by atoms with Crippen LogP contribution >= 0.6 is 0 Å². The van der Waals surface area contributed by atoms with Gasteiger partial charge >= 0.3 is 0 Å². The molecule has 2 aromatic rings. The van der Waals surface area contributed by atoms with Gasteiger partial charge in [0.2, 0.25) is 5.91 Å². The highest BCUT2D eigenvalue weighted by Crippen LogP contribution is 2.16. The molecule has 0 aliphatic carbocycles. The Bertz CT molecular complexity index is 698. The number of para-hydroxylation sites is 1. The molecule has 4 heteroatoms. The predicted octanol–water partition coefficient (Wildman–Crippen LogP) is 4.92. The van der Waals surface area contributed by atoms with Crippen LogP contribution in [-0.2, 0) is 11.3 Å². The summed E-state index contributed by atoms with van der Waals surface area (Å²) in [6, 6.07) is 16.9. The fraction of sp³-hybridized carbons (Fsp3) is 0.364. The first-order chi connectivity index (χ1) is 12.7. The van der Waals surface area contributed by atoms with E-state index in [4.69, 9.17) is 0 Å². The molecule has 0 heterocycles. The summed E-state index contributed by atoms with van der Waals surface area (Å²) >= 11 is 0. The topological polar surface area (TPSA) is 58.2 Å². The zero-order chi connectivity index (χ0) is 18.6. The van der Waals surface area contributed by atoms with Gasteiger partial charge in [-0.05, 0) is 24.1 Å². The van der Waals surface area contributed by atoms with Crippen LogP contribution in [0, 0.1) is 0 Å². The molecule has 26 heavy (non-hydrogen) atoms. The lowest BCUT2D eigenvalue weighted by molar-refractivity contribution is -0.116. The highest BCUT2D eigenvalue weighted by molar-refractivity contribution is 6.03. The van der Waals surface area contributed by atoms with Crippen LogP contribution < -0.4 is 10.6 Å². The summed E-state index contributed by atoms with van der Waals surface area (Å²) in [4.78, 5) is 24.6. The largest absolute Gasteiger partial charge is 0.348 e. The van der Waals surface area contributed by atoms with E-state index in [-0.39, 0.29) is 11.8 Å². The Morgan fingerprint density at radius 1 is 0.846 bits per heavy atom. The minimum atomic E-state index is -0.187. The van der Waals surface area contributed by atoms with Gasteiger partial charge in [0, 0.05) is 13.0 Å². The standard InChI is InChI=1S/C22H28N2O2/c1-2-3-4-5-9-16-21(25)24-20-15-11-10-14-19(20)22(26)23-17-18-12-7-6-8-13-18/h6-8,10-15H,2-5,9,16-17H2,1H3,(H,23,26)(H,24,25). The van der Waals surface area contributed by atoms with E-state index >= 15 is 0 Å². The van der Waals surface area contributed by atoms with Crippen molar-refractivity contribution in [2.75, 3.05) is 5.32 Å². The average Bonchev–Trinajstić information content (AvgIpc) is 2.67. The Morgan fingerprint density at radius 2 is 1.54 bits per heavy atom. The smallest absolute Gasteiger partial charge is 0.253 e. The minimum absolute atomic E-state index is 0.0372. The summed E-state index contributed by atoms with van der Waals surface area (Å²) in [5, 5.41) is 5.79. The monoisotopic (exact) mass is 352 g/mol. The number of rotatable bonds is 10. The van der Waals surface area contributed by atoms with Gasteiger partial charge < -0.3 is 10.6 Å². The number of unbranched alkanes of at least 4 members (excludes halogenated alkanes) is 4. The van der Waals surface area contributed by atoms with Gasteiger partial charge in [0.1, 0.15) is 0 Å². The summed E-state index contributed by atoms with van der Waals surface area (Å²) in [5.41, 5.74) is 2.09. The highest BCUT2D eigenvalue weighted by atomic mass is 16.2. The lowest BCUT2D eigenvalue weighted by atomic mass is 10.1. The number of carbonyl (C=O) groups excluding carboxylic acids is 2. The van der Waals surface area contributed by atoms with Crippen molar-refractivity contribution in [1.82, 2.24) is 5.32 Å². The van der Waals surface area contributed by atoms with Gasteiger partial charge in [0.15, 0.2) is 0 Å². The molecule has 0 fully saturated rings. The molecule has 0 unspecified atom stereocenters. The van der Waals surface area contributed by atoms with Crippen LogP contribution in [0.5, 0.6) is 0 Å². The van der Waals surface area contributed by atoms with E-state index < -0.39 is 0 Å². The van der Waals surface area contributed by atoms with Crippen molar-refractivity contribution in [3.63, 3.8) is 0 Å². The number of nitrogens with one attached hydrogen (secondary N) is 2. The summed E-state index contributed by atoms with van der Waals surface area (Å²) in [7, 11) is 0. The summed E-state index contributed by atoms with van der Waals surface area (Å²) in [6.07, 6.45) is 6.02. The molecule has 0 bridgehead atoms. The fourth-order valence-electron chi connectivity index (χ4n) is 2.77. The molecule has 2 N–H and O–H groups in total. The van der Waals surface area contributed by atoms with E-state index in [1.165, 1.54) is 19.3 Å². The van der Waals surface area contributed by atoms with Crippen LogP contribution in [0.25, 0.3) is 0 Å². The lowest BCUT2D eigenvalue weighted by Crippen LogP contribution is -2.24. The van der Waals surface area contributed by atoms with Crippen molar-refractivity contribution in [2.24, 2.45) is 0 Å². The molecule has 0 radical (unpaired) electrons. The molecule has 0 aliphatic rings. The molecule has 2 rings (SSSR count). The van der Waals surface area contributed by atoms with Gasteiger partial charge in [-0.2, -0.15) is 0 Å². The van der Waals surface area contributed by atoms with E-state index in [2.05, 4.69) is 17.6 Å². The molecule has 138 valence electrons. The summed E-state index contributed by atoms with van der Waals surface area (Å²) < 4.78 is 0. The number of amides is 2. The molecule has 4 nitrogen and oxygen atoms in total. The van der Waals surface area contributed by atoms with Crippen molar-refractivity contribution >= 4 is 17.5 Å². The third kappa shape index (κ3) is 6.71. The van der Waals surface area contributed by atoms with Gasteiger partial charge in [0.25, 0.3) is 5.91 Å². The Balaban J connectivity index is 1.88. The van der Waals surface area contributed by atoms with Gasteiger partial charge in [-0.25, -0.2) is 0 Å². The van der Waals surface area contributed by atoms with Gasteiger partial charge in [-0.3, -0.25) is 9.59 Å². The third-order valence-electron chi connectivity index (χ3n) is 4.25. The van der Waals surface area contributed by atoms with Gasteiger partial charge in [-0.1, -0.05) is 75.1 Å². The van der Waals surface area contributed by atoms with Crippen LogP contribution in [-0.4, -0.2) is 11.8 Å². The maximum Gasteiger partial charge on any atom is 0.253 e. The molecular weight excluding hydrogens is 324 g/mol. The lowest BCUT2D eigenvalue weighted by Gasteiger charge is -2.11. The van der Waals surface area contributed by atoms with E-state index in [1.54, 1.807) is 18.2 Å². The van der Waals surface area contributed by atoms with E-state index in [0.717, 1.165) is 18.4 Å². The first kappa shape index (κ1) is 19.7. The maximum absolute atomic E-state index is 12.5. The highest BCUT2D eigenvalue weighted by Gasteiger charge is 2.12. The average molecular weight is 352 g/mol. The number of anilines is 1. The maximum atomic E-state index is 12.5. The molecule has 0 aromatic heterocycles. The van der Waals surface area contributed by atoms with Crippen molar-refractivity contribution in [3.05, 3.63) is 65.7 Å². The molecule has 2 aromatic carbocycles. The number of hydrogen-bond acceptors (Lipinski definition) is 2. The first-order valence-corrected chi connectivity index (χ1v) is 9.41. The summed E-state index contributed by atoms with van der Waals surface area (Å²) in [5.74, 6) is -0.225. The second-order valence-electron chi connectivity index (χ2n) is 6.43. The SMILES string of the molecule is CCCCCCCC(=O)Nc1ccccc1C(=O)NCc1ccccc1. The Kier molecular flexibility index (Phi) is 8.40. The molecule has 0 saturated heterocycles. The fourth-order valence-corrected chi connectivity index (χ4v) is 2.77. The Labute approximate surface area is 156 Å². The van der Waals surface area contributed by atoms with Crippen molar-refractivity contribution in [1.29, 1.82) is 0 Å². The number of benzene rings is 2. The van der Waals surface area contributed by atoms with Crippen molar-refractivity contribution in [3.8, 4) is 0 Å². The Hall–Kier alpha value is -2.62. The zero-order valence-electron chi connectivity index (χ0n) is 15.5. The molecule has 2 amide bonds.